The first-order chi connectivity index (χ1) is 11.0. The Hall–Kier alpha value is -2.28. The van der Waals surface area contributed by atoms with Crippen LogP contribution in [0, 0.1) is 11.3 Å². The van der Waals surface area contributed by atoms with Gasteiger partial charge in [-0.3, -0.25) is 4.79 Å². The second kappa shape index (κ2) is 7.82. The van der Waals surface area contributed by atoms with Gasteiger partial charge in [0.05, 0.1) is 0 Å². The van der Waals surface area contributed by atoms with Crippen LogP contribution in [0.15, 0.2) is 48.0 Å². The average molecular weight is 345 g/mol. The quantitative estimate of drug-likeness (QED) is 0.619. The summed E-state index contributed by atoms with van der Waals surface area (Å²) in [6.45, 7) is 2.06. The fraction of sp³-hybridized carbons (Fsp3) is 0.111. The maximum absolute atomic E-state index is 12.2. The van der Waals surface area contributed by atoms with E-state index in [0.29, 0.717) is 15.7 Å². The van der Waals surface area contributed by atoms with Gasteiger partial charge in [0, 0.05) is 15.7 Å². The Labute approximate surface area is 145 Å². The Morgan fingerprint density at radius 2 is 1.78 bits per heavy atom. The van der Waals surface area contributed by atoms with Crippen molar-refractivity contribution in [2.75, 3.05) is 5.32 Å². The predicted octanol–water partition coefficient (Wildman–Crippen LogP) is 5.10. The van der Waals surface area contributed by atoms with Crippen LogP contribution < -0.4 is 5.32 Å². The van der Waals surface area contributed by atoms with Crippen molar-refractivity contribution in [3.05, 3.63) is 69.2 Å². The Kier molecular flexibility index (Phi) is 5.81. The summed E-state index contributed by atoms with van der Waals surface area (Å²) in [5.41, 5.74) is 2.43. The molecular formula is C18H14Cl2N2O. The van der Waals surface area contributed by atoms with E-state index in [1.807, 2.05) is 30.3 Å². The van der Waals surface area contributed by atoms with Gasteiger partial charge in [-0.2, -0.15) is 5.26 Å². The third-order valence-corrected chi connectivity index (χ3v) is 3.62. The number of benzene rings is 2. The first kappa shape index (κ1) is 17.1. The number of halogens is 2. The molecule has 3 nitrogen and oxygen atoms in total. The fourth-order valence-corrected chi connectivity index (χ4v) is 2.52. The van der Waals surface area contributed by atoms with Crippen LogP contribution in [0.25, 0.3) is 6.08 Å². The van der Waals surface area contributed by atoms with Crippen LogP contribution >= 0.6 is 23.2 Å². The molecule has 0 aromatic heterocycles. The van der Waals surface area contributed by atoms with Gasteiger partial charge in [-0.25, -0.2) is 0 Å². The van der Waals surface area contributed by atoms with Crippen molar-refractivity contribution in [3.63, 3.8) is 0 Å². The number of nitrogens with one attached hydrogen (secondary N) is 1. The minimum Gasteiger partial charge on any atom is -0.321 e. The number of amides is 1. The van der Waals surface area contributed by atoms with E-state index < -0.39 is 5.91 Å². The summed E-state index contributed by atoms with van der Waals surface area (Å²) in [5, 5.41) is 12.6. The van der Waals surface area contributed by atoms with Gasteiger partial charge >= 0.3 is 0 Å². The lowest BCUT2D eigenvalue weighted by Gasteiger charge is -2.06. The molecule has 0 aliphatic rings. The van der Waals surface area contributed by atoms with E-state index in [4.69, 9.17) is 23.2 Å². The molecule has 2 rings (SSSR count). The van der Waals surface area contributed by atoms with E-state index in [9.17, 15) is 10.1 Å². The molecule has 0 heterocycles. The highest BCUT2D eigenvalue weighted by Crippen LogP contribution is 2.23. The van der Waals surface area contributed by atoms with Crippen LogP contribution in [0.5, 0.6) is 0 Å². The van der Waals surface area contributed by atoms with Crippen molar-refractivity contribution in [1.29, 1.82) is 5.26 Å². The Bertz CT molecular complexity index is 769. The monoisotopic (exact) mass is 344 g/mol. The lowest BCUT2D eigenvalue weighted by atomic mass is 10.1. The number of hydrogen-bond donors (Lipinski definition) is 1. The van der Waals surface area contributed by atoms with E-state index >= 15 is 0 Å². The van der Waals surface area contributed by atoms with Gasteiger partial charge in [0.15, 0.2) is 0 Å². The summed E-state index contributed by atoms with van der Waals surface area (Å²) in [6, 6.07) is 14.3. The Morgan fingerprint density at radius 1 is 1.17 bits per heavy atom. The van der Waals surface area contributed by atoms with Gasteiger partial charge in [-0.05, 0) is 41.8 Å². The second-order valence-corrected chi connectivity index (χ2v) is 5.75. The molecule has 0 bridgehead atoms. The van der Waals surface area contributed by atoms with E-state index in [1.54, 1.807) is 24.3 Å². The minimum atomic E-state index is -0.509. The van der Waals surface area contributed by atoms with Crippen molar-refractivity contribution in [3.8, 4) is 6.07 Å². The molecule has 23 heavy (non-hydrogen) atoms. The van der Waals surface area contributed by atoms with Crippen LogP contribution in [-0.2, 0) is 11.2 Å². The smallest absolute Gasteiger partial charge is 0.266 e. The first-order valence-corrected chi connectivity index (χ1v) is 7.75. The summed E-state index contributed by atoms with van der Waals surface area (Å²) in [4.78, 5) is 12.2. The zero-order valence-corrected chi connectivity index (χ0v) is 13.9. The molecule has 1 amide bonds. The van der Waals surface area contributed by atoms with E-state index in [-0.39, 0.29) is 5.57 Å². The molecule has 0 unspecified atom stereocenters. The molecule has 0 aliphatic heterocycles. The van der Waals surface area contributed by atoms with Crippen molar-refractivity contribution < 1.29 is 4.79 Å². The molecule has 0 saturated carbocycles. The molecule has 0 spiro atoms. The number of rotatable bonds is 4. The summed E-state index contributed by atoms with van der Waals surface area (Å²) in [6.07, 6.45) is 2.48. The summed E-state index contributed by atoms with van der Waals surface area (Å²) >= 11 is 11.8. The average Bonchev–Trinajstić information content (AvgIpc) is 2.52. The lowest BCUT2D eigenvalue weighted by Crippen LogP contribution is -2.13. The predicted molar refractivity (Wildman–Crippen MR) is 94.5 cm³/mol. The summed E-state index contributed by atoms with van der Waals surface area (Å²) < 4.78 is 0. The largest absolute Gasteiger partial charge is 0.321 e. The minimum absolute atomic E-state index is 0.00495. The molecule has 0 aliphatic carbocycles. The molecule has 2 aromatic carbocycles. The molecule has 116 valence electrons. The third kappa shape index (κ3) is 4.85. The van der Waals surface area contributed by atoms with E-state index in [0.717, 1.165) is 12.0 Å². The number of carbonyl (C=O) groups excluding carboxylic acids is 1. The molecule has 0 saturated heterocycles. The highest BCUT2D eigenvalue weighted by Gasteiger charge is 2.10. The fourth-order valence-electron chi connectivity index (χ4n) is 1.99. The Morgan fingerprint density at radius 3 is 2.30 bits per heavy atom. The number of aryl methyl sites for hydroxylation is 1. The molecule has 1 N–H and O–H groups in total. The normalized spacial score (nSPS) is 11.0. The van der Waals surface area contributed by atoms with Crippen molar-refractivity contribution >= 4 is 40.9 Å². The van der Waals surface area contributed by atoms with Crippen LogP contribution in [-0.4, -0.2) is 5.91 Å². The molecule has 0 atom stereocenters. The SMILES string of the molecule is CCc1ccc(/C=C(\C#N)C(=O)Nc2cc(Cl)cc(Cl)c2)cc1. The lowest BCUT2D eigenvalue weighted by molar-refractivity contribution is -0.112. The van der Waals surface area contributed by atoms with Crippen molar-refractivity contribution in [2.45, 2.75) is 13.3 Å². The van der Waals surface area contributed by atoms with Gasteiger partial charge in [0.25, 0.3) is 5.91 Å². The molecule has 2 aromatic rings. The van der Waals surface area contributed by atoms with Gasteiger partial charge < -0.3 is 5.32 Å². The number of nitriles is 1. The number of carbonyl (C=O) groups is 1. The van der Waals surface area contributed by atoms with Crippen LogP contribution in [0.3, 0.4) is 0 Å². The van der Waals surface area contributed by atoms with Crippen molar-refractivity contribution in [1.82, 2.24) is 0 Å². The molecule has 0 radical (unpaired) electrons. The summed E-state index contributed by atoms with van der Waals surface area (Å²) in [5.74, 6) is -0.509. The molecular weight excluding hydrogens is 331 g/mol. The maximum Gasteiger partial charge on any atom is 0.266 e. The standard InChI is InChI=1S/C18H14Cl2N2O/c1-2-12-3-5-13(6-4-12)7-14(11-21)18(23)22-17-9-15(19)8-16(20)10-17/h3-10H,2H2,1H3,(H,22,23)/b14-7+. The first-order valence-electron chi connectivity index (χ1n) is 7.00. The molecule has 0 fully saturated rings. The number of hydrogen-bond acceptors (Lipinski definition) is 2. The highest BCUT2D eigenvalue weighted by atomic mass is 35.5. The van der Waals surface area contributed by atoms with Gasteiger partial charge in [-0.1, -0.05) is 54.4 Å². The summed E-state index contributed by atoms with van der Waals surface area (Å²) in [7, 11) is 0. The van der Waals surface area contributed by atoms with Crippen LogP contribution in [0.4, 0.5) is 5.69 Å². The highest BCUT2D eigenvalue weighted by molar-refractivity contribution is 6.35. The second-order valence-electron chi connectivity index (χ2n) is 4.88. The zero-order chi connectivity index (χ0) is 16.8. The van der Waals surface area contributed by atoms with Crippen molar-refractivity contribution in [2.24, 2.45) is 0 Å². The third-order valence-electron chi connectivity index (χ3n) is 3.18. The van der Waals surface area contributed by atoms with Crippen LogP contribution in [0.2, 0.25) is 10.0 Å². The van der Waals surface area contributed by atoms with Gasteiger partial charge in [0.2, 0.25) is 0 Å². The maximum atomic E-state index is 12.2. The molecule has 5 heteroatoms. The zero-order valence-electron chi connectivity index (χ0n) is 12.4. The van der Waals surface area contributed by atoms with E-state index in [2.05, 4.69) is 12.2 Å². The van der Waals surface area contributed by atoms with Crippen LogP contribution in [0.1, 0.15) is 18.1 Å². The number of nitrogens with zero attached hydrogens (tertiary/aromatic N) is 1. The van der Waals surface area contributed by atoms with Gasteiger partial charge in [0.1, 0.15) is 11.6 Å². The van der Waals surface area contributed by atoms with Gasteiger partial charge in [-0.15, -0.1) is 0 Å². The topological polar surface area (TPSA) is 52.9 Å². The number of anilines is 1. The van der Waals surface area contributed by atoms with E-state index in [1.165, 1.54) is 5.56 Å². The Balaban J connectivity index is 2.20.